The Morgan fingerprint density at radius 3 is 3.04 bits per heavy atom. The fourth-order valence-corrected chi connectivity index (χ4v) is 3.91. The monoisotopic (exact) mass is 330 g/mol. The van der Waals surface area contributed by atoms with Crippen molar-refractivity contribution in [2.45, 2.75) is 25.3 Å². The van der Waals surface area contributed by atoms with E-state index in [1.165, 1.54) is 19.4 Å². The second kappa shape index (κ2) is 7.43. The number of likely N-dealkylation sites (tertiary alicyclic amines) is 1. The Hall–Kier alpha value is -1.43. The molecule has 0 spiro atoms. The van der Waals surface area contributed by atoms with E-state index in [2.05, 4.69) is 41.0 Å². The largest absolute Gasteiger partial charge is 0.383 e. The van der Waals surface area contributed by atoms with Gasteiger partial charge >= 0.3 is 0 Å². The lowest BCUT2D eigenvalue weighted by molar-refractivity contribution is 0.171. The maximum Gasteiger partial charge on any atom is 0.141 e. The fraction of sp³-hybridized carbons (Fsp3) is 0.500. The molecule has 1 aliphatic heterocycles. The summed E-state index contributed by atoms with van der Waals surface area (Å²) in [5.74, 6) is 0.638. The molecule has 2 N–H and O–H groups in total. The molecule has 124 valence electrons. The highest BCUT2D eigenvalue weighted by Crippen LogP contribution is 2.31. The van der Waals surface area contributed by atoms with Gasteiger partial charge in [0.15, 0.2) is 0 Å². The van der Waals surface area contributed by atoms with Crippen molar-refractivity contribution in [1.82, 2.24) is 9.80 Å². The van der Waals surface area contributed by atoms with Gasteiger partial charge in [-0.2, -0.15) is 0 Å². The molecule has 2 heterocycles. The number of hydrogen-bond donors (Lipinski definition) is 1. The van der Waals surface area contributed by atoms with Crippen molar-refractivity contribution in [3.05, 3.63) is 45.8 Å². The highest BCUT2D eigenvalue weighted by molar-refractivity contribution is 7.12. The van der Waals surface area contributed by atoms with E-state index in [9.17, 15) is 0 Å². The predicted octanol–water partition coefficient (Wildman–Crippen LogP) is 2.69. The number of aliphatic imine (C=N–C) groups is 1. The molecule has 0 amide bonds. The van der Waals surface area contributed by atoms with E-state index in [0.29, 0.717) is 11.9 Å². The number of rotatable bonds is 5. The number of hydrogen-bond acceptors (Lipinski definition) is 4. The van der Waals surface area contributed by atoms with Gasteiger partial charge in [0.05, 0.1) is 4.88 Å². The Morgan fingerprint density at radius 2 is 2.30 bits per heavy atom. The minimum Gasteiger partial charge on any atom is -0.383 e. The standard InChI is InChI=1S/C18H26N4S/c1-21(2)10-11-22-9-3-5-14-7-8-15(13-16(14)22)20-18(19)17-6-4-12-23-17/h4,6-8,12,16H,3,5,9-11,13H2,1-2H3,(H2,19,20). The molecule has 1 aromatic rings. The van der Waals surface area contributed by atoms with Crippen LogP contribution >= 0.6 is 11.3 Å². The molecule has 0 saturated carbocycles. The van der Waals surface area contributed by atoms with Crippen LogP contribution in [0.5, 0.6) is 0 Å². The Labute approximate surface area is 143 Å². The summed E-state index contributed by atoms with van der Waals surface area (Å²) >= 11 is 1.64. The zero-order valence-corrected chi connectivity index (χ0v) is 14.9. The number of nitrogens with two attached hydrogens (primary N) is 1. The van der Waals surface area contributed by atoms with Crippen molar-refractivity contribution in [2.24, 2.45) is 10.7 Å². The lowest BCUT2D eigenvalue weighted by atomic mass is 9.88. The number of thiophene rings is 1. The maximum absolute atomic E-state index is 6.15. The molecule has 1 aromatic heterocycles. The van der Waals surface area contributed by atoms with Crippen molar-refractivity contribution in [3.63, 3.8) is 0 Å². The molecule has 1 fully saturated rings. The molecular formula is C18H26N4S. The van der Waals surface area contributed by atoms with Crippen LogP contribution in [0.2, 0.25) is 0 Å². The summed E-state index contributed by atoms with van der Waals surface area (Å²) in [5.41, 5.74) is 8.81. The average Bonchev–Trinajstić information content (AvgIpc) is 3.07. The molecule has 5 heteroatoms. The zero-order chi connectivity index (χ0) is 16.2. The summed E-state index contributed by atoms with van der Waals surface area (Å²) < 4.78 is 0. The van der Waals surface area contributed by atoms with Crippen LogP contribution < -0.4 is 5.73 Å². The number of allylic oxidation sites excluding steroid dienone is 2. The second-order valence-corrected chi connectivity index (χ2v) is 7.48. The molecule has 0 bridgehead atoms. The van der Waals surface area contributed by atoms with E-state index >= 15 is 0 Å². The van der Waals surface area contributed by atoms with E-state index in [1.54, 1.807) is 16.9 Å². The van der Waals surface area contributed by atoms with Crippen LogP contribution in [0.25, 0.3) is 0 Å². The minimum atomic E-state index is 0.503. The van der Waals surface area contributed by atoms with Gasteiger partial charge in [0.25, 0.3) is 0 Å². The third kappa shape index (κ3) is 4.10. The molecule has 0 radical (unpaired) electrons. The Kier molecular flexibility index (Phi) is 5.30. The van der Waals surface area contributed by atoms with Crippen LogP contribution in [0.4, 0.5) is 0 Å². The van der Waals surface area contributed by atoms with Crippen LogP contribution in [0.3, 0.4) is 0 Å². The third-order valence-electron chi connectivity index (χ3n) is 4.54. The summed E-state index contributed by atoms with van der Waals surface area (Å²) in [4.78, 5) is 10.6. The van der Waals surface area contributed by atoms with Gasteiger partial charge < -0.3 is 10.6 Å². The molecule has 3 rings (SSSR count). The molecular weight excluding hydrogens is 304 g/mol. The maximum atomic E-state index is 6.15. The van der Waals surface area contributed by atoms with Gasteiger partial charge in [-0.05, 0) is 51.0 Å². The Balaban J connectivity index is 1.72. The number of nitrogens with zero attached hydrogens (tertiary/aromatic N) is 3. The summed E-state index contributed by atoms with van der Waals surface area (Å²) in [7, 11) is 4.28. The van der Waals surface area contributed by atoms with E-state index in [-0.39, 0.29) is 0 Å². The smallest absolute Gasteiger partial charge is 0.141 e. The number of amidine groups is 1. The Morgan fingerprint density at radius 1 is 1.43 bits per heavy atom. The summed E-state index contributed by atoms with van der Waals surface area (Å²) in [6.45, 7) is 3.41. The van der Waals surface area contributed by atoms with Crippen LogP contribution in [0, 0.1) is 0 Å². The normalized spacial score (nSPS) is 22.7. The van der Waals surface area contributed by atoms with E-state index in [1.807, 2.05) is 17.5 Å². The quantitative estimate of drug-likeness (QED) is 0.667. The summed E-state index contributed by atoms with van der Waals surface area (Å²) in [5, 5.41) is 2.04. The van der Waals surface area contributed by atoms with Gasteiger partial charge in [-0.15, -0.1) is 11.3 Å². The summed E-state index contributed by atoms with van der Waals surface area (Å²) in [6, 6.07) is 4.54. The van der Waals surface area contributed by atoms with Gasteiger partial charge in [0.2, 0.25) is 0 Å². The predicted molar refractivity (Wildman–Crippen MR) is 99.0 cm³/mol. The molecule has 0 aromatic carbocycles. The van der Waals surface area contributed by atoms with Gasteiger partial charge in [-0.3, -0.25) is 4.90 Å². The highest BCUT2D eigenvalue weighted by atomic mass is 32.1. The van der Waals surface area contributed by atoms with Crippen LogP contribution in [0.1, 0.15) is 24.1 Å². The van der Waals surface area contributed by atoms with Crippen molar-refractivity contribution < 1.29 is 0 Å². The van der Waals surface area contributed by atoms with Crippen molar-refractivity contribution in [3.8, 4) is 0 Å². The van der Waals surface area contributed by atoms with E-state index in [0.717, 1.165) is 30.1 Å². The number of piperidine rings is 1. The molecule has 1 atom stereocenters. The van der Waals surface area contributed by atoms with Crippen molar-refractivity contribution in [2.75, 3.05) is 33.7 Å². The first-order valence-corrected chi connectivity index (χ1v) is 9.18. The highest BCUT2D eigenvalue weighted by Gasteiger charge is 2.28. The number of fused-ring (bicyclic) bond motifs is 1. The third-order valence-corrected chi connectivity index (χ3v) is 5.44. The first-order chi connectivity index (χ1) is 11.1. The van der Waals surface area contributed by atoms with Gasteiger partial charge in [-0.1, -0.05) is 17.7 Å². The van der Waals surface area contributed by atoms with Gasteiger partial charge in [0.1, 0.15) is 5.84 Å². The second-order valence-electron chi connectivity index (χ2n) is 6.54. The van der Waals surface area contributed by atoms with E-state index < -0.39 is 0 Å². The zero-order valence-electron chi connectivity index (χ0n) is 14.0. The lowest BCUT2D eigenvalue weighted by Crippen LogP contribution is -2.45. The molecule has 4 nitrogen and oxygen atoms in total. The molecule has 1 aliphatic carbocycles. The minimum absolute atomic E-state index is 0.503. The average molecular weight is 331 g/mol. The SMILES string of the molecule is CN(C)CCN1CCCC2=CC=C(N=C(N)c3cccs3)CC21. The summed E-state index contributed by atoms with van der Waals surface area (Å²) in [6.07, 6.45) is 7.89. The molecule has 23 heavy (non-hydrogen) atoms. The van der Waals surface area contributed by atoms with Gasteiger partial charge in [0, 0.05) is 31.2 Å². The van der Waals surface area contributed by atoms with E-state index in [4.69, 9.17) is 5.73 Å². The lowest BCUT2D eigenvalue weighted by Gasteiger charge is -2.39. The first-order valence-electron chi connectivity index (χ1n) is 8.30. The van der Waals surface area contributed by atoms with Crippen molar-refractivity contribution >= 4 is 17.2 Å². The Bertz CT molecular complexity index is 613. The molecule has 1 unspecified atom stereocenters. The first kappa shape index (κ1) is 16.4. The van der Waals surface area contributed by atoms with Crippen LogP contribution in [-0.2, 0) is 0 Å². The number of likely N-dealkylation sites (N-methyl/N-ethyl adjacent to an activating group) is 1. The fourth-order valence-electron chi connectivity index (χ4n) is 3.28. The molecule has 1 saturated heterocycles. The van der Waals surface area contributed by atoms with Crippen LogP contribution in [0.15, 0.2) is 45.9 Å². The van der Waals surface area contributed by atoms with Crippen molar-refractivity contribution in [1.29, 1.82) is 0 Å². The van der Waals surface area contributed by atoms with Crippen LogP contribution in [-0.4, -0.2) is 55.4 Å². The molecule has 2 aliphatic rings. The topological polar surface area (TPSA) is 44.9 Å². The van der Waals surface area contributed by atoms with Gasteiger partial charge in [-0.25, -0.2) is 4.99 Å².